The van der Waals surface area contributed by atoms with Crippen LogP contribution in [0.4, 0.5) is 0 Å². The normalized spacial score (nSPS) is 10.8. The molecule has 0 unspecified atom stereocenters. The van der Waals surface area contributed by atoms with Crippen molar-refractivity contribution in [2.75, 3.05) is 19.7 Å². The Kier molecular flexibility index (Phi) is 4.28. The van der Waals surface area contributed by atoms with Gasteiger partial charge in [-0.05, 0) is 31.5 Å². The van der Waals surface area contributed by atoms with Crippen LogP contribution in [0.15, 0.2) is 23.7 Å². The van der Waals surface area contributed by atoms with Crippen LogP contribution >= 0.6 is 11.3 Å². The Hall–Kier alpha value is -1.46. The summed E-state index contributed by atoms with van der Waals surface area (Å²) in [4.78, 5) is 18.2. The summed E-state index contributed by atoms with van der Waals surface area (Å²) in [6.07, 6.45) is 0.613. The van der Waals surface area contributed by atoms with E-state index in [2.05, 4.69) is 4.98 Å². The highest BCUT2D eigenvalue weighted by Gasteiger charge is 2.14. The second kappa shape index (κ2) is 5.93. The van der Waals surface area contributed by atoms with E-state index in [1.54, 1.807) is 10.4 Å². The topological polar surface area (TPSA) is 53.4 Å². The molecule has 0 aliphatic heterocycles. The van der Waals surface area contributed by atoms with Crippen LogP contribution in [-0.4, -0.2) is 40.6 Å². The summed E-state index contributed by atoms with van der Waals surface area (Å²) in [5.41, 5.74) is 3.39. The fourth-order valence-electron chi connectivity index (χ4n) is 1.84. The van der Waals surface area contributed by atoms with E-state index >= 15 is 0 Å². The number of benzene rings is 1. The molecule has 2 aromatic rings. The molecule has 0 saturated heterocycles. The molecule has 1 N–H and O–H groups in total. The quantitative estimate of drug-likeness (QED) is 0.900. The maximum Gasteiger partial charge on any atom is 0.253 e. The average Bonchev–Trinajstić information content (AvgIpc) is 2.86. The molecule has 0 atom stereocenters. The van der Waals surface area contributed by atoms with E-state index in [1.807, 2.05) is 25.1 Å². The summed E-state index contributed by atoms with van der Waals surface area (Å²) in [6.45, 7) is 3.30. The smallest absolute Gasteiger partial charge is 0.253 e. The van der Waals surface area contributed by atoms with Gasteiger partial charge in [0.15, 0.2) is 0 Å². The zero-order valence-corrected chi connectivity index (χ0v) is 11.1. The first kappa shape index (κ1) is 13.0. The summed E-state index contributed by atoms with van der Waals surface area (Å²) in [7, 11) is 0. The Balaban J connectivity index is 2.20. The van der Waals surface area contributed by atoms with E-state index in [-0.39, 0.29) is 12.5 Å². The molecule has 1 aromatic carbocycles. The van der Waals surface area contributed by atoms with Gasteiger partial charge in [0.1, 0.15) is 0 Å². The largest absolute Gasteiger partial charge is 0.396 e. The van der Waals surface area contributed by atoms with Gasteiger partial charge in [-0.25, -0.2) is 4.98 Å². The molecule has 5 heteroatoms. The maximum absolute atomic E-state index is 12.3. The third-order valence-electron chi connectivity index (χ3n) is 2.83. The Labute approximate surface area is 110 Å². The Morgan fingerprint density at radius 3 is 3.06 bits per heavy atom. The van der Waals surface area contributed by atoms with E-state index in [0.29, 0.717) is 25.1 Å². The van der Waals surface area contributed by atoms with Crippen LogP contribution in [-0.2, 0) is 0 Å². The van der Waals surface area contributed by atoms with E-state index in [9.17, 15) is 4.79 Å². The zero-order valence-electron chi connectivity index (χ0n) is 10.3. The summed E-state index contributed by atoms with van der Waals surface area (Å²) in [5.74, 6) is 0.0150. The van der Waals surface area contributed by atoms with Crippen molar-refractivity contribution in [1.29, 1.82) is 0 Å². The van der Waals surface area contributed by atoms with Crippen LogP contribution in [0.5, 0.6) is 0 Å². The van der Waals surface area contributed by atoms with E-state index in [1.165, 1.54) is 11.3 Å². The lowest BCUT2D eigenvalue weighted by Crippen LogP contribution is -2.32. The number of carbonyl (C=O) groups is 1. The van der Waals surface area contributed by atoms with Crippen LogP contribution in [0.25, 0.3) is 10.2 Å². The zero-order chi connectivity index (χ0) is 13.0. The lowest BCUT2D eigenvalue weighted by Gasteiger charge is -2.20. The van der Waals surface area contributed by atoms with Gasteiger partial charge in [0.25, 0.3) is 5.91 Å². The number of fused-ring (bicyclic) bond motifs is 1. The molecule has 96 valence electrons. The van der Waals surface area contributed by atoms with Crippen LogP contribution < -0.4 is 0 Å². The van der Waals surface area contributed by atoms with Gasteiger partial charge in [-0.1, -0.05) is 0 Å². The molecular weight excluding hydrogens is 248 g/mol. The number of thiazole rings is 1. The molecule has 0 aliphatic carbocycles. The van der Waals surface area contributed by atoms with E-state index in [4.69, 9.17) is 5.11 Å². The highest BCUT2D eigenvalue weighted by Crippen LogP contribution is 2.20. The van der Waals surface area contributed by atoms with Crippen LogP contribution in [0.1, 0.15) is 23.7 Å². The number of aliphatic hydroxyl groups excluding tert-OH is 1. The average molecular weight is 264 g/mol. The molecular formula is C13H16N2O2S. The van der Waals surface area contributed by atoms with Gasteiger partial charge in [-0.15, -0.1) is 11.3 Å². The number of hydrogen-bond acceptors (Lipinski definition) is 4. The van der Waals surface area contributed by atoms with Gasteiger partial charge in [-0.3, -0.25) is 4.79 Å². The maximum atomic E-state index is 12.3. The molecule has 0 aliphatic rings. The second-order valence-corrected chi connectivity index (χ2v) is 4.88. The molecule has 1 heterocycles. The Morgan fingerprint density at radius 2 is 2.33 bits per heavy atom. The van der Waals surface area contributed by atoms with Crippen molar-refractivity contribution in [1.82, 2.24) is 9.88 Å². The third kappa shape index (κ3) is 2.68. The Bertz CT molecular complexity index is 539. The van der Waals surface area contributed by atoms with E-state index < -0.39 is 0 Å². The van der Waals surface area contributed by atoms with Gasteiger partial charge in [-0.2, -0.15) is 0 Å². The van der Waals surface area contributed by atoms with Gasteiger partial charge >= 0.3 is 0 Å². The highest BCUT2D eigenvalue weighted by molar-refractivity contribution is 7.16. The van der Waals surface area contributed by atoms with E-state index in [0.717, 1.165) is 10.2 Å². The predicted molar refractivity (Wildman–Crippen MR) is 72.9 cm³/mol. The molecule has 0 spiro atoms. The second-order valence-electron chi connectivity index (χ2n) is 4.00. The number of aliphatic hydroxyl groups is 1. The summed E-state index contributed by atoms with van der Waals surface area (Å²) in [5, 5.41) is 8.83. The molecule has 1 aromatic heterocycles. The van der Waals surface area contributed by atoms with Crippen molar-refractivity contribution in [2.24, 2.45) is 0 Å². The van der Waals surface area contributed by atoms with Crippen molar-refractivity contribution >= 4 is 27.5 Å². The number of carbonyl (C=O) groups excluding carboxylic acids is 1. The first-order chi connectivity index (χ1) is 8.76. The number of rotatable bonds is 5. The highest BCUT2D eigenvalue weighted by atomic mass is 32.1. The van der Waals surface area contributed by atoms with Crippen molar-refractivity contribution < 1.29 is 9.90 Å². The standard InChI is InChI=1S/C13H16N2O2S/c1-2-15(6-3-7-16)13(17)10-4-5-11-12(8-10)18-9-14-11/h4-5,8-9,16H,2-3,6-7H2,1H3. The lowest BCUT2D eigenvalue weighted by molar-refractivity contribution is 0.0754. The molecule has 18 heavy (non-hydrogen) atoms. The van der Waals surface area contributed by atoms with Gasteiger partial charge < -0.3 is 10.0 Å². The molecule has 1 amide bonds. The van der Waals surface area contributed by atoms with Crippen molar-refractivity contribution in [3.05, 3.63) is 29.3 Å². The van der Waals surface area contributed by atoms with Crippen molar-refractivity contribution in [3.63, 3.8) is 0 Å². The first-order valence-electron chi connectivity index (χ1n) is 5.99. The minimum Gasteiger partial charge on any atom is -0.396 e. The molecule has 0 saturated carbocycles. The SMILES string of the molecule is CCN(CCCO)C(=O)c1ccc2ncsc2c1. The van der Waals surface area contributed by atoms with Gasteiger partial charge in [0, 0.05) is 25.3 Å². The van der Waals surface area contributed by atoms with Crippen molar-refractivity contribution in [2.45, 2.75) is 13.3 Å². The molecule has 0 bridgehead atoms. The number of nitrogens with zero attached hydrogens (tertiary/aromatic N) is 2. The number of amides is 1. The van der Waals surface area contributed by atoms with Crippen LogP contribution in [0, 0.1) is 0 Å². The van der Waals surface area contributed by atoms with Gasteiger partial charge in [0.05, 0.1) is 15.7 Å². The summed E-state index contributed by atoms with van der Waals surface area (Å²) in [6, 6.07) is 5.57. The van der Waals surface area contributed by atoms with Gasteiger partial charge in [0.2, 0.25) is 0 Å². The predicted octanol–water partition coefficient (Wildman–Crippen LogP) is 2.14. The lowest BCUT2D eigenvalue weighted by atomic mass is 10.2. The minimum absolute atomic E-state index is 0.0150. The number of hydrogen-bond donors (Lipinski definition) is 1. The Morgan fingerprint density at radius 1 is 1.50 bits per heavy atom. The number of aromatic nitrogens is 1. The molecule has 2 rings (SSSR count). The molecule has 0 fully saturated rings. The minimum atomic E-state index is 0.0150. The third-order valence-corrected chi connectivity index (χ3v) is 3.63. The van der Waals surface area contributed by atoms with Crippen molar-refractivity contribution in [3.8, 4) is 0 Å². The molecule has 4 nitrogen and oxygen atoms in total. The fourth-order valence-corrected chi connectivity index (χ4v) is 2.55. The van der Waals surface area contributed by atoms with Crippen LogP contribution in [0.2, 0.25) is 0 Å². The monoisotopic (exact) mass is 264 g/mol. The molecule has 0 radical (unpaired) electrons. The summed E-state index contributed by atoms with van der Waals surface area (Å²) >= 11 is 1.53. The van der Waals surface area contributed by atoms with Crippen LogP contribution in [0.3, 0.4) is 0 Å². The fraction of sp³-hybridized carbons (Fsp3) is 0.385. The first-order valence-corrected chi connectivity index (χ1v) is 6.87. The summed E-state index contributed by atoms with van der Waals surface area (Å²) < 4.78 is 1.03.